The van der Waals surface area contributed by atoms with Crippen LogP contribution in [0.4, 0.5) is 13.2 Å². The van der Waals surface area contributed by atoms with Crippen molar-refractivity contribution in [3.63, 3.8) is 0 Å². The summed E-state index contributed by atoms with van der Waals surface area (Å²) in [6, 6.07) is 7.61. The van der Waals surface area contributed by atoms with Gasteiger partial charge in [-0.05, 0) is 35.9 Å². The third-order valence-electron chi connectivity index (χ3n) is 4.00. The fourth-order valence-corrected chi connectivity index (χ4v) is 2.53. The van der Waals surface area contributed by atoms with Gasteiger partial charge in [0.2, 0.25) is 0 Å². The van der Waals surface area contributed by atoms with Gasteiger partial charge in [0.05, 0.1) is 19.8 Å². The predicted octanol–water partition coefficient (Wildman–Crippen LogP) is 3.15. The first-order valence-electron chi connectivity index (χ1n) is 7.66. The molecule has 0 saturated carbocycles. The van der Waals surface area contributed by atoms with E-state index in [1.165, 1.54) is 30.2 Å². The number of carbonyl (C=O) groups is 1. The van der Waals surface area contributed by atoms with Gasteiger partial charge in [-0.15, -0.1) is 0 Å². The van der Waals surface area contributed by atoms with Crippen LogP contribution >= 0.6 is 0 Å². The minimum Gasteiger partial charge on any atom is -0.494 e. The maximum absolute atomic E-state index is 13.6. The largest absolute Gasteiger partial charge is 0.494 e. The van der Waals surface area contributed by atoms with Crippen molar-refractivity contribution in [3.05, 3.63) is 65.0 Å². The summed E-state index contributed by atoms with van der Waals surface area (Å²) in [6.07, 6.45) is -0.181. The normalized spacial score (nSPS) is 14.3. The topological polar surface area (TPSA) is 38.8 Å². The summed E-state index contributed by atoms with van der Waals surface area (Å²) in [5.41, 5.74) is 0.748. The Hall–Kier alpha value is -2.54. The van der Waals surface area contributed by atoms with Crippen LogP contribution in [-0.4, -0.2) is 37.1 Å². The van der Waals surface area contributed by atoms with Gasteiger partial charge in [0.25, 0.3) is 5.91 Å². The van der Waals surface area contributed by atoms with Crippen LogP contribution < -0.4 is 4.74 Å². The highest BCUT2D eigenvalue weighted by Crippen LogP contribution is 2.21. The SMILES string of the molecule is COc1ccc(COC2CN(C(=O)c3ccc(F)c(F)c3)C2)cc1F. The van der Waals surface area contributed by atoms with Crippen LogP contribution in [0.15, 0.2) is 36.4 Å². The van der Waals surface area contributed by atoms with Crippen LogP contribution in [0, 0.1) is 17.5 Å². The zero-order chi connectivity index (χ0) is 18.0. The standard InChI is InChI=1S/C18H16F3NO3/c1-24-17-5-2-11(6-16(17)21)10-25-13-8-22(9-13)18(23)12-3-4-14(19)15(20)7-12/h2-7,13H,8-10H2,1H3. The zero-order valence-electron chi connectivity index (χ0n) is 13.5. The quantitative estimate of drug-likeness (QED) is 0.831. The lowest BCUT2D eigenvalue weighted by Crippen LogP contribution is -2.54. The number of ether oxygens (including phenoxy) is 2. The van der Waals surface area contributed by atoms with Gasteiger partial charge in [0, 0.05) is 18.7 Å². The molecular weight excluding hydrogens is 335 g/mol. The molecule has 3 rings (SSSR count). The maximum Gasteiger partial charge on any atom is 0.254 e. The van der Waals surface area contributed by atoms with E-state index in [0.29, 0.717) is 18.7 Å². The molecule has 0 atom stereocenters. The van der Waals surface area contributed by atoms with E-state index < -0.39 is 17.5 Å². The summed E-state index contributed by atoms with van der Waals surface area (Å²) in [4.78, 5) is 13.6. The van der Waals surface area contributed by atoms with Gasteiger partial charge in [-0.25, -0.2) is 13.2 Å². The molecule has 1 fully saturated rings. The predicted molar refractivity (Wildman–Crippen MR) is 83.8 cm³/mol. The monoisotopic (exact) mass is 351 g/mol. The minimum atomic E-state index is -1.05. The van der Waals surface area contributed by atoms with Crippen molar-refractivity contribution in [2.75, 3.05) is 20.2 Å². The lowest BCUT2D eigenvalue weighted by Gasteiger charge is -2.39. The van der Waals surface area contributed by atoms with Gasteiger partial charge >= 0.3 is 0 Å². The second-order valence-electron chi connectivity index (χ2n) is 5.74. The summed E-state index contributed by atoms with van der Waals surface area (Å²) < 4.78 is 50.1. The Bertz CT molecular complexity index is 791. The van der Waals surface area contributed by atoms with E-state index in [9.17, 15) is 18.0 Å². The number of benzene rings is 2. The second-order valence-corrected chi connectivity index (χ2v) is 5.74. The lowest BCUT2D eigenvalue weighted by molar-refractivity contribution is -0.0503. The van der Waals surface area contributed by atoms with Crippen molar-refractivity contribution >= 4 is 5.91 Å². The molecule has 0 N–H and O–H groups in total. The van der Waals surface area contributed by atoms with Crippen molar-refractivity contribution < 1.29 is 27.4 Å². The molecule has 0 spiro atoms. The fourth-order valence-electron chi connectivity index (χ4n) is 2.53. The molecule has 0 aromatic heterocycles. The molecule has 0 unspecified atom stereocenters. The minimum absolute atomic E-state index is 0.0922. The molecule has 4 nitrogen and oxygen atoms in total. The molecule has 0 aliphatic carbocycles. The Morgan fingerprint density at radius 1 is 1.08 bits per heavy atom. The van der Waals surface area contributed by atoms with Crippen molar-refractivity contribution in [1.82, 2.24) is 4.90 Å². The van der Waals surface area contributed by atoms with E-state index >= 15 is 0 Å². The number of carbonyl (C=O) groups excluding carboxylic acids is 1. The molecule has 0 radical (unpaired) electrons. The number of methoxy groups -OCH3 is 1. The van der Waals surface area contributed by atoms with Gasteiger partial charge in [-0.3, -0.25) is 4.79 Å². The molecule has 1 aliphatic rings. The smallest absolute Gasteiger partial charge is 0.254 e. The number of likely N-dealkylation sites (tertiary alicyclic amines) is 1. The summed E-state index contributed by atoms with van der Waals surface area (Å²) in [5, 5.41) is 0. The molecule has 1 amide bonds. The van der Waals surface area contributed by atoms with Gasteiger partial charge < -0.3 is 14.4 Å². The summed E-state index contributed by atoms with van der Waals surface area (Å²) in [5.74, 6) is -2.73. The zero-order valence-corrected chi connectivity index (χ0v) is 13.5. The van der Waals surface area contributed by atoms with Crippen molar-refractivity contribution in [3.8, 4) is 5.75 Å². The van der Waals surface area contributed by atoms with E-state index in [2.05, 4.69) is 0 Å². The summed E-state index contributed by atoms with van der Waals surface area (Å²) in [6.45, 7) is 0.895. The molecule has 7 heteroatoms. The Labute approximate surface area is 142 Å². The van der Waals surface area contributed by atoms with Gasteiger partial charge in [0.1, 0.15) is 0 Å². The van der Waals surface area contributed by atoms with Gasteiger partial charge in [0.15, 0.2) is 23.2 Å². The lowest BCUT2D eigenvalue weighted by atomic mass is 10.1. The fraction of sp³-hybridized carbons (Fsp3) is 0.278. The summed E-state index contributed by atoms with van der Waals surface area (Å²) >= 11 is 0. The third-order valence-corrected chi connectivity index (χ3v) is 4.00. The molecular formula is C18H16F3NO3. The Morgan fingerprint density at radius 3 is 2.48 bits per heavy atom. The van der Waals surface area contributed by atoms with Gasteiger partial charge in [-0.1, -0.05) is 6.07 Å². The molecule has 1 aliphatic heterocycles. The molecule has 0 bridgehead atoms. The first-order chi connectivity index (χ1) is 12.0. The van der Waals surface area contributed by atoms with Gasteiger partial charge in [-0.2, -0.15) is 0 Å². The highest BCUT2D eigenvalue weighted by atomic mass is 19.2. The third kappa shape index (κ3) is 3.76. The van der Waals surface area contributed by atoms with Crippen LogP contribution in [0.2, 0.25) is 0 Å². The van der Waals surface area contributed by atoms with E-state index in [1.807, 2.05) is 0 Å². The van der Waals surface area contributed by atoms with Crippen LogP contribution in [0.25, 0.3) is 0 Å². The molecule has 1 heterocycles. The highest BCUT2D eigenvalue weighted by Gasteiger charge is 2.32. The Morgan fingerprint density at radius 2 is 1.84 bits per heavy atom. The van der Waals surface area contributed by atoms with E-state index in [-0.39, 0.29) is 29.9 Å². The van der Waals surface area contributed by atoms with Crippen LogP contribution in [0.1, 0.15) is 15.9 Å². The van der Waals surface area contributed by atoms with Crippen LogP contribution in [0.3, 0.4) is 0 Å². The average molecular weight is 351 g/mol. The number of hydrogen-bond acceptors (Lipinski definition) is 3. The molecule has 132 valence electrons. The summed E-state index contributed by atoms with van der Waals surface area (Å²) in [7, 11) is 1.39. The number of amides is 1. The number of hydrogen-bond donors (Lipinski definition) is 0. The van der Waals surface area contributed by atoms with Crippen molar-refractivity contribution in [2.24, 2.45) is 0 Å². The van der Waals surface area contributed by atoms with E-state index in [4.69, 9.17) is 9.47 Å². The van der Waals surface area contributed by atoms with E-state index in [1.54, 1.807) is 6.07 Å². The van der Waals surface area contributed by atoms with Crippen molar-refractivity contribution in [2.45, 2.75) is 12.7 Å². The number of halogens is 3. The first-order valence-corrected chi connectivity index (χ1v) is 7.66. The highest BCUT2D eigenvalue weighted by molar-refractivity contribution is 5.94. The maximum atomic E-state index is 13.6. The van der Waals surface area contributed by atoms with Crippen LogP contribution in [-0.2, 0) is 11.3 Å². The Balaban J connectivity index is 1.50. The average Bonchev–Trinajstić information content (AvgIpc) is 2.56. The number of nitrogens with zero attached hydrogens (tertiary/aromatic N) is 1. The van der Waals surface area contributed by atoms with Crippen molar-refractivity contribution in [1.29, 1.82) is 0 Å². The molecule has 2 aromatic rings. The first kappa shape index (κ1) is 17.3. The second kappa shape index (κ2) is 7.14. The molecule has 1 saturated heterocycles. The van der Waals surface area contributed by atoms with E-state index in [0.717, 1.165) is 12.1 Å². The number of rotatable bonds is 5. The molecule has 2 aromatic carbocycles. The van der Waals surface area contributed by atoms with Crippen LogP contribution in [0.5, 0.6) is 5.75 Å². The Kier molecular flexibility index (Phi) is 4.94. The molecule has 25 heavy (non-hydrogen) atoms.